The van der Waals surface area contributed by atoms with E-state index >= 15 is 0 Å². The molecule has 0 saturated heterocycles. The lowest BCUT2D eigenvalue weighted by molar-refractivity contribution is -0.142. The Labute approximate surface area is 229 Å². The molecule has 0 aliphatic heterocycles. The van der Waals surface area contributed by atoms with Gasteiger partial charge in [0.1, 0.15) is 36.3 Å². The minimum Gasteiger partial charge on any atom is -0.480 e. The summed E-state index contributed by atoms with van der Waals surface area (Å²) in [5.41, 5.74) is 15.6. The van der Waals surface area contributed by atoms with Gasteiger partial charge in [0.2, 0.25) is 41.4 Å². The molecule has 0 aliphatic carbocycles. The normalized spacial score (nSPS) is 15.1. The zero-order chi connectivity index (χ0) is 31.2. The van der Waals surface area contributed by atoms with E-state index in [0.717, 1.165) is 0 Å². The molecular weight excluding hydrogens is 536 g/mol. The van der Waals surface area contributed by atoms with E-state index in [-0.39, 0.29) is 25.7 Å². The van der Waals surface area contributed by atoms with Gasteiger partial charge in [0.25, 0.3) is 0 Å². The monoisotopic (exact) mass is 574 g/mol. The second-order valence-electron chi connectivity index (χ2n) is 8.95. The number of aliphatic hydroxyl groups excluding tert-OH is 1. The molecule has 7 amide bonds. The summed E-state index contributed by atoms with van der Waals surface area (Å²) in [5.74, 6) is -7.32. The van der Waals surface area contributed by atoms with Crippen molar-refractivity contribution in [3.63, 3.8) is 0 Å². The SMILES string of the molecule is C[C@H](NC(=O)[C@H](CCC(N)=O)NC(=O)[C@H](C)NC(=O)[C@H](CCC(N)=O)NC(=O)[C@H](C)NC(=O)[C@@H](N)CO)C(=O)O. The van der Waals surface area contributed by atoms with Gasteiger partial charge in [-0.25, -0.2) is 0 Å². The van der Waals surface area contributed by atoms with Crippen molar-refractivity contribution >= 4 is 47.3 Å². The van der Waals surface area contributed by atoms with E-state index < -0.39 is 90.2 Å². The molecule has 0 aromatic carbocycles. The van der Waals surface area contributed by atoms with Gasteiger partial charge >= 0.3 is 5.97 Å². The topological polar surface area (TPSA) is 315 Å². The summed E-state index contributed by atoms with van der Waals surface area (Å²) in [4.78, 5) is 95.8. The van der Waals surface area contributed by atoms with Crippen molar-refractivity contribution in [1.29, 1.82) is 0 Å². The Kier molecular flexibility index (Phi) is 15.4. The van der Waals surface area contributed by atoms with E-state index in [2.05, 4.69) is 26.6 Å². The first-order valence-electron chi connectivity index (χ1n) is 12.2. The molecule has 0 aliphatic rings. The van der Waals surface area contributed by atoms with Crippen LogP contribution in [-0.4, -0.2) is 100 Å². The molecule has 0 rings (SSSR count). The van der Waals surface area contributed by atoms with Crippen LogP contribution in [0.25, 0.3) is 0 Å². The average molecular weight is 575 g/mol. The van der Waals surface area contributed by atoms with Crippen LogP contribution in [0.2, 0.25) is 0 Å². The third-order valence-electron chi connectivity index (χ3n) is 5.39. The molecule has 0 unspecified atom stereocenters. The molecule has 13 N–H and O–H groups in total. The molecule has 0 bridgehead atoms. The minimum atomic E-state index is -1.38. The van der Waals surface area contributed by atoms with Gasteiger partial charge in [-0.2, -0.15) is 0 Å². The molecule has 40 heavy (non-hydrogen) atoms. The van der Waals surface area contributed by atoms with E-state index in [9.17, 15) is 38.4 Å². The van der Waals surface area contributed by atoms with E-state index in [1.165, 1.54) is 20.8 Å². The largest absolute Gasteiger partial charge is 0.480 e. The van der Waals surface area contributed by atoms with Crippen molar-refractivity contribution < 1.29 is 48.6 Å². The summed E-state index contributed by atoms with van der Waals surface area (Å²) in [6.07, 6.45) is -1.18. The average Bonchev–Trinajstić information content (AvgIpc) is 2.87. The number of carboxylic acids is 1. The first kappa shape index (κ1) is 35.7. The molecule has 18 nitrogen and oxygen atoms in total. The molecule has 6 atom stereocenters. The summed E-state index contributed by atoms with van der Waals surface area (Å²) in [5, 5.41) is 29.3. The number of carbonyl (C=O) groups excluding carboxylic acids is 7. The number of aliphatic carboxylic acids is 1. The van der Waals surface area contributed by atoms with E-state index in [0.29, 0.717) is 0 Å². The molecule has 0 aromatic heterocycles. The van der Waals surface area contributed by atoms with Crippen LogP contribution in [-0.2, 0) is 38.4 Å². The summed E-state index contributed by atoms with van der Waals surface area (Å²) >= 11 is 0. The summed E-state index contributed by atoms with van der Waals surface area (Å²) in [7, 11) is 0. The maximum Gasteiger partial charge on any atom is 0.325 e. The van der Waals surface area contributed by atoms with E-state index in [1.807, 2.05) is 0 Å². The fourth-order valence-electron chi connectivity index (χ4n) is 2.93. The highest BCUT2D eigenvalue weighted by Crippen LogP contribution is 2.03. The summed E-state index contributed by atoms with van der Waals surface area (Å²) in [6.45, 7) is 3.03. The predicted molar refractivity (Wildman–Crippen MR) is 136 cm³/mol. The first-order chi connectivity index (χ1) is 18.5. The molecule has 18 heteroatoms. The number of rotatable bonds is 18. The van der Waals surface area contributed by atoms with Crippen LogP contribution in [0.4, 0.5) is 0 Å². The van der Waals surface area contributed by atoms with Gasteiger partial charge in [0.05, 0.1) is 6.61 Å². The molecule has 0 aromatic rings. The lowest BCUT2D eigenvalue weighted by Gasteiger charge is -2.24. The maximum absolute atomic E-state index is 12.9. The predicted octanol–water partition coefficient (Wildman–Crippen LogP) is -5.59. The number of nitrogens with two attached hydrogens (primary N) is 3. The van der Waals surface area contributed by atoms with Gasteiger partial charge < -0.3 is 54.0 Å². The Bertz CT molecular complexity index is 975. The van der Waals surface area contributed by atoms with Crippen molar-refractivity contribution in [1.82, 2.24) is 26.6 Å². The van der Waals surface area contributed by atoms with Gasteiger partial charge in [-0.1, -0.05) is 0 Å². The van der Waals surface area contributed by atoms with E-state index in [4.69, 9.17) is 27.4 Å². The highest BCUT2D eigenvalue weighted by molar-refractivity contribution is 5.96. The van der Waals surface area contributed by atoms with Crippen LogP contribution in [0.15, 0.2) is 0 Å². The van der Waals surface area contributed by atoms with Crippen LogP contribution in [0.1, 0.15) is 46.5 Å². The standard InChI is InChI=1S/C22H38N8O10/c1-9(26-19(36)12(23)8-31)17(34)29-13(4-6-15(24)32)20(37)27-10(2)18(35)30-14(5-7-16(25)33)21(38)28-11(3)22(39)40/h9-14,31H,4-8,23H2,1-3H3,(H2,24,32)(H2,25,33)(H,26,36)(H,27,37)(H,28,38)(H,29,34)(H,30,35)(H,39,40)/t9-,10-,11-,12-,13-,14-/m0/s1. The fourth-order valence-corrected chi connectivity index (χ4v) is 2.93. The fraction of sp³-hybridized carbons (Fsp3) is 0.636. The number of aliphatic hydroxyl groups is 1. The lowest BCUT2D eigenvalue weighted by atomic mass is 10.1. The van der Waals surface area contributed by atoms with Crippen LogP contribution < -0.4 is 43.8 Å². The van der Waals surface area contributed by atoms with Crippen molar-refractivity contribution in [2.24, 2.45) is 17.2 Å². The Morgan fingerprint density at radius 1 is 0.600 bits per heavy atom. The Hall–Kier alpha value is -4.32. The number of carboxylic acid groups (broad SMARTS) is 1. The number of carbonyl (C=O) groups is 8. The molecule has 0 fully saturated rings. The third-order valence-corrected chi connectivity index (χ3v) is 5.39. The van der Waals surface area contributed by atoms with Crippen LogP contribution in [0, 0.1) is 0 Å². The Morgan fingerprint density at radius 2 is 0.950 bits per heavy atom. The smallest absolute Gasteiger partial charge is 0.325 e. The van der Waals surface area contributed by atoms with Gasteiger partial charge in [0, 0.05) is 12.8 Å². The van der Waals surface area contributed by atoms with Gasteiger partial charge in [-0.3, -0.25) is 38.4 Å². The number of primary amides is 2. The maximum atomic E-state index is 12.9. The Balaban J connectivity index is 5.47. The van der Waals surface area contributed by atoms with Crippen molar-refractivity contribution in [3.05, 3.63) is 0 Å². The highest BCUT2D eigenvalue weighted by Gasteiger charge is 2.30. The van der Waals surface area contributed by atoms with Gasteiger partial charge in [-0.05, 0) is 33.6 Å². The van der Waals surface area contributed by atoms with Gasteiger partial charge in [0.15, 0.2) is 0 Å². The molecule has 226 valence electrons. The quantitative estimate of drug-likeness (QED) is 0.0735. The molecular formula is C22H38N8O10. The number of hydrogen-bond acceptors (Lipinski definition) is 10. The number of hydrogen-bond donors (Lipinski definition) is 10. The zero-order valence-corrected chi connectivity index (χ0v) is 22.4. The van der Waals surface area contributed by atoms with Crippen LogP contribution in [0.3, 0.4) is 0 Å². The van der Waals surface area contributed by atoms with Crippen LogP contribution >= 0.6 is 0 Å². The van der Waals surface area contributed by atoms with Gasteiger partial charge in [-0.15, -0.1) is 0 Å². The Morgan fingerprint density at radius 3 is 1.27 bits per heavy atom. The number of amides is 7. The second kappa shape index (κ2) is 17.3. The minimum absolute atomic E-state index is 0.263. The molecule has 0 saturated carbocycles. The van der Waals surface area contributed by atoms with E-state index in [1.54, 1.807) is 0 Å². The molecule has 0 radical (unpaired) electrons. The lowest BCUT2D eigenvalue weighted by Crippen LogP contribution is -2.58. The van der Waals surface area contributed by atoms with Crippen LogP contribution in [0.5, 0.6) is 0 Å². The third kappa shape index (κ3) is 13.5. The van der Waals surface area contributed by atoms with Crippen molar-refractivity contribution in [3.8, 4) is 0 Å². The number of nitrogens with one attached hydrogen (secondary N) is 5. The van der Waals surface area contributed by atoms with Crippen molar-refractivity contribution in [2.45, 2.75) is 82.7 Å². The summed E-state index contributed by atoms with van der Waals surface area (Å²) < 4.78 is 0. The summed E-state index contributed by atoms with van der Waals surface area (Å²) in [6, 6.07) is -7.87. The molecule has 0 spiro atoms. The zero-order valence-electron chi connectivity index (χ0n) is 22.4. The second-order valence-corrected chi connectivity index (χ2v) is 8.95. The first-order valence-corrected chi connectivity index (χ1v) is 12.2. The molecule has 0 heterocycles. The highest BCUT2D eigenvalue weighted by atomic mass is 16.4. The van der Waals surface area contributed by atoms with Crippen molar-refractivity contribution in [2.75, 3.05) is 6.61 Å².